The molecule has 0 spiro atoms. The van der Waals surface area contributed by atoms with Crippen LogP contribution in [0.25, 0.3) is 0 Å². The minimum atomic E-state index is -0.718. The van der Waals surface area contributed by atoms with Crippen molar-refractivity contribution in [1.82, 2.24) is 0 Å². The van der Waals surface area contributed by atoms with Gasteiger partial charge in [-0.2, -0.15) is 0 Å². The molecule has 0 aromatic heterocycles. The van der Waals surface area contributed by atoms with E-state index in [0.29, 0.717) is 12.2 Å². The summed E-state index contributed by atoms with van der Waals surface area (Å²) < 4.78 is 10.2. The number of rotatable bonds is 4. The van der Waals surface area contributed by atoms with Gasteiger partial charge >= 0.3 is 0 Å². The third-order valence-corrected chi connectivity index (χ3v) is 2.72. The smallest absolute Gasteiger partial charge is 0.296 e. The van der Waals surface area contributed by atoms with Crippen LogP contribution in [0.1, 0.15) is 13.3 Å². The zero-order valence-corrected chi connectivity index (χ0v) is 10.2. The van der Waals surface area contributed by atoms with E-state index >= 15 is 0 Å². The topological polar surface area (TPSA) is 117 Å². The molecule has 0 fully saturated rings. The Balaban J connectivity index is 2.33. The average Bonchev–Trinajstić information content (AvgIpc) is 2.83. The van der Waals surface area contributed by atoms with Crippen LogP contribution >= 0.6 is 0 Å². The number of nitro benzene ring substituents is 1. The second-order valence-electron chi connectivity index (χ2n) is 3.98. The fourth-order valence-electron chi connectivity index (χ4n) is 1.59. The number of amides is 1. The van der Waals surface area contributed by atoms with Gasteiger partial charge in [-0.3, -0.25) is 14.9 Å². The molecule has 1 unspecified atom stereocenters. The zero-order valence-electron chi connectivity index (χ0n) is 10.2. The Hall–Kier alpha value is -2.35. The number of carbonyl (C=O) groups excluding carboxylic acids is 1. The van der Waals surface area contributed by atoms with Crippen molar-refractivity contribution in [3.05, 3.63) is 22.2 Å². The largest absolute Gasteiger partial charge is 0.454 e. The van der Waals surface area contributed by atoms with Crippen LogP contribution in [0.5, 0.6) is 11.5 Å². The molecule has 1 heterocycles. The Labute approximate surface area is 108 Å². The van der Waals surface area contributed by atoms with Gasteiger partial charge in [0.15, 0.2) is 11.5 Å². The molecule has 1 aliphatic heterocycles. The monoisotopic (exact) mass is 267 g/mol. The van der Waals surface area contributed by atoms with Crippen molar-refractivity contribution in [2.45, 2.75) is 19.4 Å². The van der Waals surface area contributed by atoms with Gasteiger partial charge in [0.25, 0.3) is 5.69 Å². The maximum Gasteiger partial charge on any atom is 0.296 e. The number of carbonyl (C=O) groups is 1. The van der Waals surface area contributed by atoms with Gasteiger partial charge < -0.3 is 20.5 Å². The lowest BCUT2D eigenvalue weighted by Gasteiger charge is -2.10. The van der Waals surface area contributed by atoms with Crippen LogP contribution in [-0.2, 0) is 4.79 Å². The number of hydrogen-bond acceptors (Lipinski definition) is 6. The molecule has 8 nitrogen and oxygen atoms in total. The van der Waals surface area contributed by atoms with E-state index in [9.17, 15) is 14.9 Å². The minimum Gasteiger partial charge on any atom is -0.454 e. The molecule has 8 heteroatoms. The number of fused-ring (bicyclic) bond motifs is 1. The molecule has 2 rings (SSSR count). The van der Waals surface area contributed by atoms with Crippen LogP contribution in [0.15, 0.2) is 12.1 Å². The number of hydrogen-bond donors (Lipinski definition) is 2. The first-order chi connectivity index (χ1) is 9.02. The molecule has 0 aliphatic carbocycles. The molecule has 0 saturated carbocycles. The number of anilines is 1. The second kappa shape index (κ2) is 5.11. The molecule has 19 heavy (non-hydrogen) atoms. The highest BCUT2D eigenvalue weighted by molar-refractivity contribution is 5.97. The first-order valence-corrected chi connectivity index (χ1v) is 5.67. The number of nitrogens with zero attached hydrogens (tertiary/aromatic N) is 1. The molecule has 3 N–H and O–H groups in total. The molecule has 1 atom stereocenters. The van der Waals surface area contributed by atoms with E-state index in [4.69, 9.17) is 15.2 Å². The van der Waals surface area contributed by atoms with E-state index in [0.717, 1.165) is 0 Å². The molecule has 0 saturated heterocycles. The summed E-state index contributed by atoms with van der Waals surface area (Å²) in [6.07, 6.45) is 0.435. The number of nitrogens with one attached hydrogen (secondary N) is 1. The summed E-state index contributed by atoms with van der Waals surface area (Å²) >= 11 is 0. The molecule has 102 valence electrons. The summed E-state index contributed by atoms with van der Waals surface area (Å²) in [5.74, 6) is 0.153. The average molecular weight is 267 g/mol. The van der Waals surface area contributed by atoms with Crippen molar-refractivity contribution in [3.8, 4) is 11.5 Å². The molecular weight excluding hydrogens is 254 g/mol. The zero-order chi connectivity index (χ0) is 14.0. The van der Waals surface area contributed by atoms with Gasteiger partial charge in [0.1, 0.15) is 5.69 Å². The fourth-order valence-corrected chi connectivity index (χ4v) is 1.59. The lowest BCUT2D eigenvalue weighted by Crippen LogP contribution is -2.34. The molecule has 0 radical (unpaired) electrons. The van der Waals surface area contributed by atoms with Gasteiger partial charge in [0, 0.05) is 6.07 Å². The maximum absolute atomic E-state index is 11.7. The SMILES string of the molecule is CCC(N)C(=O)Nc1cc2c(cc1[N+](=O)[O-])OCO2. The highest BCUT2D eigenvalue weighted by Crippen LogP contribution is 2.40. The first-order valence-electron chi connectivity index (χ1n) is 5.67. The Kier molecular flexibility index (Phi) is 3.52. The third kappa shape index (κ3) is 2.58. The van der Waals surface area contributed by atoms with E-state index in [1.807, 2.05) is 0 Å². The summed E-state index contributed by atoms with van der Waals surface area (Å²) in [6, 6.07) is 1.86. The highest BCUT2D eigenvalue weighted by atomic mass is 16.7. The van der Waals surface area contributed by atoms with Gasteiger partial charge in [0.05, 0.1) is 17.0 Å². The van der Waals surface area contributed by atoms with Gasteiger partial charge in [-0.15, -0.1) is 0 Å². The van der Waals surface area contributed by atoms with Crippen molar-refractivity contribution in [3.63, 3.8) is 0 Å². The maximum atomic E-state index is 11.7. The van der Waals surface area contributed by atoms with Crippen molar-refractivity contribution in [2.24, 2.45) is 5.73 Å². The van der Waals surface area contributed by atoms with E-state index in [2.05, 4.69) is 5.32 Å². The quantitative estimate of drug-likeness (QED) is 0.620. The molecule has 0 bridgehead atoms. The predicted molar refractivity (Wildman–Crippen MR) is 66.1 cm³/mol. The molecule has 1 aliphatic rings. The molecule has 1 aromatic rings. The van der Waals surface area contributed by atoms with Crippen LogP contribution in [0.3, 0.4) is 0 Å². The van der Waals surface area contributed by atoms with E-state index in [-0.39, 0.29) is 23.9 Å². The number of nitrogens with two attached hydrogens (primary N) is 1. The first kappa shape index (κ1) is 13.1. The van der Waals surface area contributed by atoms with Crippen molar-refractivity contribution in [2.75, 3.05) is 12.1 Å². The predicted octanol–water partition coefficient (Wildman–Crippen LogP) is 0.999. The van der Waals surface area contributed by atoms with Gasteiger partial charge in [-0.25, -0.2) is 0 Å². The Morgan fingerprint density at radius 2 is 2.16 bits per heavy atom. The van der Waals surface area contributed by atoms with E-state index in [1.54, 1.807) is 6.92 Å². The van der Waals surface area contributed by atoms with Crippen LogP contribution in [0, 0.1) is 10.1 Å². The molecular formula is C11H13N3O5. The van der Waals surface area contributed by atoms with Crippen LogP contribution in [0.2, 0.25) is 0 Å². The van der Waals surface area contributed by atoms with Crippen molar-refractivity contribution in [1.29, 1.82) is 0 Å². The van der Waals surface area contributed by atoms with Crippen LogP contribution in [0.4, 0.5) is 11.4 Å². The van der Waals surface area contributed by atoms with E-state index < -0.39 is 16.9 Å². The fraction of sp³-hybridized carbons (Fsp3) is 0.364. The molecule has 1 amide bonds. The van der Waals surface area contributed by atoms with Crippen LogP contribution in [-0.4, -0.2) is 23.7 Å². The Morgan fingerprint density at radius 1 is 1.53 bits per heavy atom. The van der Waals surface area contributed by atoms with Crippen molar-refractivity contribution >= 4 is 17.3 Å². The number of benzene rings is 1. The van der Waals surface area contributed by atoms with Crippen molar-refractivity contribution < 1.29 is 19.2 Å². The second-order valence-corrected chi connectivity index (χ2v) is 3.98. The summed E-state index contributed by atoms with van der Waals surface area (Å²) in [6.45, 7) is 1.75. The van der Waals surface area contributed by atoms with Gasteiger partial charge in [-0.05, 0) is 6.42 Å². The summed E-state index contributed by atoms with van der Waals surface area (Å²) in [5, 5.41) is 13.4. The summed E-state index contributed by atoms with van der Waals surface area (Å²) in [4.78, 5) is 22.1. The normalized spacial score (nSPS) is 14.0. The van der Waals surface area contributed by atoms with Crippen LogP contribution < -0.4 is 20.5 Å². The lowest BCUT2D eigenvalue weighted by molar-refractivity contribution is -0.384. The van der Waals surface area contributed by atoms with Gasteiger partial charge in [0.2, 0.25) is 12.7 Å². The summed E-state index contributed by atoms with van der Waals surface area (Å²) in [7, 11) is 0. The Morgan fingerprint density at radius 3 is 2.74 bits per heavy atom. The lowest BCUT2D eigenvalue weighted by atomic mass is 10.2. The highest BCUT2D eigenvalue weighted by Gasteiger charge is 2.25. The number of ether oxygens (including phenoxy) is 2. The standard InChI is InChI=1S/C11H13N3O5/c1-2-6(12)11(15)13-7-3-9-10(19-5-18-9)4-8(7)14(16)17/h3-4,6H,2,5,12H2,1H3,(H,13,15). The third-order valence-electron chi connectivity index (χ3n) is 2.72. The van der Waals surface area contributed by atoms with Gasteiger partial charge in [-0.1, -0.05) is 6.92 Å². The Bertz CT molecular complexity index is 531. The molecule has 1 aromatic carbocycles. The minimum absolute atomic E-state index is 0.00163. The van der Waals surface area contributed by atoms with E-state index in [1.165, 1.54) is 12.1 Å². The number of nitro groups is 1. The summed E-state index contributed by atoms with van der Waals surface area (Å²) in [5.41, 5.74) is 5.35.